The smallest absolute Gasteiger partial charge is 0.444 e. The largest absolute Gasteiger partial charge is 0.471 e. The number of amides is 2. The van der Waals surface area contributed by atoms with Gasteiger partial charge in [0, 0.05) is 31.1 Å². The molecule has 1 aromatic rings. The molecule has 2 fully saturated rings. The topological polar surface area (TPSA) is 49.9 Å². The van der Waals surface area contributed by atoms with Crippen molar-refractivity contribution in [2.75, 3.05) is 13.1 Å². The molecule has 0 spiro atoms. The van der Waals surface area contributed by atoms with Crippen molar-refractivity contribution in [3.8, 4) is 0 Å². The van der Waals surface area contributed by atoms with E-state index in [4.69, 9.17) is 4.74 Å². The molecule has 33 heavy (non-hydrogen) atoms. The van der Waals surface area contributed by atoms with Crippen molar-refractivity contribution in [2.45, 2.75) is 77.2 Å². The first-order valence-electron chi connectivity index (χ1n) is 11.5. The van der Waals surface area contributed by atoms with Gasteiger partial charge in [-0.1, -0.05) is 48.9 Å². The summed E-state index contributed by atoms with van der Waals surface area (Å²) in [5.41, 5.74) is 1.41. The lowest BCUT2D eigenvalue weighted by atomic mass is 10.0. The van der Waals surface area contributed by atoms with Crippen LogP contribution in [0.3, 0.4) is 0 Å². The summed E-state index contributed by atoms with van der Waals surface area (Å²) in [5, 5.41) is 0. The number of carbonyl (C=O) groups excluding carboxylic acids is 2. The average molecular weight is 467 g/mol. The van der Waals surface area contributed by atoms with Crippen LogP contribution in [0.4, 0.5) is 18.0 Å². The van der Waals surface area contributed by atoms with E-state index >= 15 is 0 Å². The second kappa shape index (κ2) is 9.77. The van der Waals surface area contributed by atoms with E-state index in [2.05, 4.69) is 0 Å². The minimum Gasteiger partial charge on any atom is -0.444 e. The molecule has 0 aromatic heterocycles. The highest BCUT2D eigenvalue weighted by molar-refractivity contribution is 5.83. The van der Waals surface area contributed by atoms with Crippen LogP contribution in [-0.4, -0.2) is 58.8 Å². The summed E-state index contributed by atoms with van der Waals surface area (Å²) in [6, 6.07) is 8.64. The molecule has 1 aromatic carbocycles. The molecule has 2 atom stereocenters. The number of rotatable bonds is 5. The summed E-state index contributed by atoms with van der Waals surface area (Å²) in [7, 11) is 0. The number of ether oxygens (including phenoxy) is 1. The summed E-state index contributed by atoms with van der Waals surface area (Å²) in [6.45, 7) is 7.81. The summed E-state index contributed by atoms with van der Waals surface area (Å²) < 4.78 is 45.9. The van der Waals surface area contributed by atoms with Crippen LogP contribution >= 0.6 is 0 Å². The Kier molecular flexibility index (Phi) is 7.44. The SMILES string of the molecule is CC/C(=C\c1ccccc1)[C@@H]1C[C@H]1N(C(=O)C(F)(F)F)C1CCN(C(=O)OC(C)(C)C)CC1. The molecular formula is C25H33F3N2O3. The first-order valence-corrected chi connectivity index (χ1v) is 11.5. The van der Waals surface area contributed by atoms with E-state index in [-0.39, 0.29) is 19.0 Å². The van der Waals surface area contributed by atoms with Gasteiger partial charge in [0.05, 0.1) is 0 Å². The Balaban J connectivity index is 1.73. The summed E-state index contributed by atoms with van der Waals surface area (Å²) >= 11 is 0. The highest BCUT2D eigenvalue weighted by Gasteiger charge is 2.54. The molecule has 2 amide bonds. The zero-order chi connectivity index (χ0) is 24.4. The van der Waals surface area contributed by atoms with Gasteiger partial charge in [-0.2, -0.15) is 13.2 Å². The molecule has 0 bridgehead atoms. The van der Waals surface area contributed by atoms with Gasteiger partial charge < -0.3 is 14.5 Å². The molecule has 0 N–H and O–H groups in total. The molecule has 1 heterocycles. The predicted octanol–water partition coefficient (Wildman–Crippen LogP) is 5.66. The molecule has 1 aliphatic heterocycles. The molecule has 1 saturated carbocycles. The molecule has 3 rings (SSSR count). The Morgan fingerprint density at radius 2 is 1.73 bits per heavy atom. The molecule has 182 valence electrons. The van der Waals surface area contributed by atoms with Crippen LogP contribution in [0.1, 0.15) is 58.9 Å². The Bertz CT molecular complexity index is 869. The van der Waals surface area contributed by atoms with E-state index in [0.29, 0.717) is 25.7 Å². The van der Waals surface area contributed by atoms with Crippen molar-refractivity contribution < 1.29 is 27.5 Å². The summed E-state index contributed by atoms with van der Waals surface area (Å²) in [6.07, 6.45) is -1.54. The molecule has 0 radical (unpaired) electrons. The van der Waals surface area contributed by atoms with Gasteiger partial charge >= 0.3 is 18.2 Å². The van der Waals surface area contributed by atoms with Gasteiger partial charge in [-0.3, -0.25) is 4.79 Å². The maximum Gasteiger partial charge on any atom is 0.471 e. The molecular weight excluding hydrogens is 433 g/mol. The number of piperidine rings is 1. The Labute approximate surface area is 193 Å². The van der Waals surface area contributed by atoms with E-state index in [1.54, 1.807) is 20.8 Å². The number of likely N-dealkylation sites (tertiary alicyclic amines) is 1. The second-order valence-electron chi connectivity index (χ2n) is 9.80. The van der Waals surface area contributed by atoms with Crippen molar-refractivity contribution in [3.05, 3.63) is 41.5 Å². The lowest BCUT2D eigenvalue weighted by Gasteiger charge is -2.39. The van der Waals surface area contributed by atoms with Crippen molar-refractivity contribution in [2.24, 2.45) is 5.92 Å². The van der Waals surface area contributed by atoms with Crippen LogP contribution in [-0.2, 0) is 9.53 Å². The van der Waals surface area contributed by atoms with Crippen LogP contribution in [0.5, 0.6) is 0 Å². The number of halogens is 3. The third-order valence-corrected chi connectivity index (χ3v) is 6.14. The third-order valence-electron chi connectivity index (χ3n) is 6.14. The van der Waals surface area contributed by atoms with Gasteiger partial charge in [0.2, 0.25) is 0 Å². The minimum absolute atomic E-state index is 0.0783. The van der Waals surface area contributed by atoms with E-state index in [1.165, 1.54) is 4.90 Å². The van der Waals surface area contributed by atoms with E-state index in [9.17, 15) is 22.8 Å². The lowest BCUT2D eigenvalue weighted by Crippen LogP contribution is -2.53. The zero-order valence-corrected chi connectivity index (χ0v) is 19.7. The van der Waals surface area contributed by atoms with Gasteiger partial charge in [0.15, 0.2) is 0 Å². The predicted molar refractivity (Wildman–Crippen MR) is 120 cm³/mol. The Morgan fingerprint density at radius 3 is 2.24 bits per heavy atom. The number of benzene rings is 1. The van der Waals surface area contributed by atoms with E-state index < -0.39 is 35.9 Å². The Morgan fingerprint density at radius 1 is 1.12 bits per heavy atom. The van der Waals surface area contributed by atoms with Crippen LogP contribution in [0.15, 0.2) is 35.9 Å². The maximum absolute atomic E-state index is 13.5. The van der Waals surface area contributed by atoms with Gasteiger partial charge in [0.25, 0.3) is 0 Å². The molecule has 0 unspecified atom stereocenters. The number of hydrogen-bond acceptors (Lipinski definition) is 3. The summed E-state index contributed by atoms with van der Waals surface area (Å²) in [4.78, 5) is 27.3. The number of hydrogen-bond donors (Lipinski definition) is 0. The first kappa shape index (κ1) is 25.1. The van der Waals surface area contributed by atoms with Crippen LogP contribution in [0.2, 0.25) is 0 Å². The summed E-state index contributed by atoms with van der Waals surface area (Å²) in [5.74, 6) is -1.86. The third kappa shape index (κ3) is 6.51. The molecule has 5 nitrogen and oxygen atoms in total. The van der Waals surface area contributed by atoms with Crippen LogP contribution in [0.25, 0.3) is 6.08 Å². The lowest BCUT2D eigenvalue weighted by molar-refractivity contribution is -0.189. The quantitative estimate of drug-likeness (QED) is 0.563. The molecule has 8 heteroatoms. The zero-order valence-electron chi connectivity index (χ0n) is 19.7. The normalized spacial score (nSPS) is 22.2. The van der Waals surface area contributed by atoms with Crippen molar-refractivity contribution in [3.63, 3.8) is 0 Å². The Hall–Kier alpha value is -2.51. The van der Waals surface area contributed by atoms with Gasteiger partial charge in [-0.15, -0.1) is 0 Å². The van der Waals surface area contributed by atoms with Crippen LogP contribution < -0.4 is 0 Å². The molecule has 2 aliphatic rings. The maximum atomic E-state index is 13.5. The fraction of sp³-hybridized carbons (Fsp3) is 0.600. The number of carbonyl (C=O) groups is 2. The van der Waals surface area contributed by atoms with Gasteiger partial charge in [0.1, 0.15) is 5.60 Å². The van der Waals surface area contributed by atoms with Crippen molar-refractivity contribution in [1.82, 2.24) is 9.80 Å². The highest BCUT2D eigenvalue weighted by Crippen LogP contribution is 2.46. The standard InChI is InChI=1S/C25H33F3N2O3/c1-5-18(15-17-9-7-6-8-10-17)20-16-21(20)30(22(31)25(26,27)28)19-11-13-29(14-12-19)23(32)33-24(2,3)4/h6-10,15,19-21H,5,11-14,16H2,1-4H3/b18-15+/t20-,21+/m0/s1. The minimum atomic E-state index is -4.93. The van der Waals surface area contributed by atoms with Crippen molar-refractivity contribution >= 4 is 18.1 Å². The number of alkyl halides is 3. The number of nitrogens with zero attached hydrogens (tertiary/aromatic N) is 2. The first-order chi connectivity index (χ1) is 15.4. The van der Waals surface area contributed by atoms with E-state index in [1.807, 2.05) is 43.3 Å². The van der Waals surface area contributed by atoms with Gasteiger partial charge in [-0.05, 0) is 52.0 Å². The molecule has 1 aliphatic carbocycles. The highest BCUT2D eigenvalue weighted by atomic mass is 19.4. The van der Waals surface area contributed by atoms with Crippen LogP contribution in [0, 0.1) is 5.92 Å². The molecule has 1 saturated heterocycles. The van der Waals surface area contributed by atoms with Gasteiger partial charge in [-0.25, -0.2) is 4.79 Å². The fourth-order valence-corrected chi connectivity index (χ4v) is 4.51. The van der Waals surface area contributed by atoms with E-state index in [0.717, 1.165) is 16.0 Å². The average Bonchev–Trinajstić information content (AvgIpc) is 3.51. The monoisotopic (exact) mass is 466 g/mol. The van der Waals surface area contributed by atoms with Crippen molar-refractivity contribution in [1.29, 1.82) is 0 Å². The second-order valence-corrected chi connectivity index (χ2v) is 9.80. The fourth-order valence-electron chi connectivity index (χ4n) is 4.51.